The van der Waals surface area contributed by atoms with E-state index >= 15 is 0 Å². The third kappa shape index (κ3) is 9.21. The molecule has 0 aliphatic rings. The second-order valence-electron chi connectivity index (χ2n) is 4.61. The van der Waals surface area contributed by atoms with Crippen molar-refractivity contribution in [1.82, 2.24) is 5.32 Å². The topological polar surface area (TPSA) is 206 Å². The molecule has 0 unspecified atom stereocenters. The van der Waals surface area contributed by atoms with Crippen molar-refractivity contribution in [2.45, 2.75) is 37.8 Å². The molecule has 0 aromatic heterocycles. The highest BCUT2D eigenvalue weighted by atomic mass is 16.4. The number of hydrogen-bond acceptors (Lipinski definition) is 4. The van der Waals surface area contributed by atoms with Crippen LogP contribution in [0.3, 0.4) is 0 Å². The minimum Gasteiger partial charge on any atom is -0.548 e. The molecule has 0 aromatic rings. The Morgan fingerprint density at radius 2 is 1.81 bits per heavy atom. The summed E-state index contributed by atoms with van der Waals surface area (Å²) >= 11 is 0. The number of nitrogens with one attached hydrogen (secondary N) is 2. The summed E-state index contributed by atoms with van der Waals surface area (Å²) in [6.07, 6.45) is 0.727. The van der Waals surface area contributed by atoms with Crippen molar-refractivity contribution >= 4 is 23.7 Å². The number of carboxylic acid groups (broad SMARTS) is 1. The predicted octanol–water partition coefficient (Wildman–Crippen LogP) is -6.77. The second kappa shape index (κ2) is 9.53. The lowest BCUT2D eigenvalue weighted by Gasteiger charge is -2.20. The largest absolute Gasteiger partial charge is 0.548 e. The number of aliphatic carboxylic acids is 1. The van der Waals surface area contributed by atoms with Gasteiger partial charge in [-0.2, -0.15) is 0 Å². The van der Waals surface area contributed by atoms with Crippen molar-refractivity contribution in [2.24, 2.45) is 17.2 Å². The number of amides is 2. The number of carboxylic acids is 1. The summed E-state index contributed by atoms with van der Waals surface area (Å²) in [6.45, 7) is 0.479. The van der Waals surface area contributed by atoms with Gasteiger partial charge in [-0.15, -0.1) is 0 Å². The van der Waals surface area contributed by atoms with Gasteiger partial charge in [0.15, 0.2) is 6.04 Å². The van der Waals surface area contributed by atoms with Gasteiger partial charge in [-0.3, -0.25) is 26.0 Å². The van der Waals surface area contributed by atoms with E-state index in [1.165, 1.54) is 0 Å². The molecule has 0 bridgehead atoms. The molecule has 10 heteroatoms. The van der Waals surface area contributed by atoms with Gasteiger partial charge < -0.3 is 26.7 Å². The van der Waals surface area contributed by atoms with Gasteiger partial charge in [0, 0.05) is 12.8 Å². The standard InChI is InChI=1S/C11H22N6O4/c12-6(2-1-5-16-11(14)15)9(19)17-7(10(20)21)3-4-8(13)18/h6-7H,1-5,12H2,(H2,13,18)(H,17,19)(H,20,21)(H4,14,15,16)/p+1/t6-,7-/m0/s1. The molecule has 0 rings (SSSR count). The quantitative estimate of drug-likeness (QED) is 0.131. The molecule has 0 fully saturated rings. The molecule has 0 spiro atoms. The Kier molecular flexibility index (Phi) is 8.46. The van der Waals surface area contributed by atoms with E-state index in [-0.39, 0.29) is 18.8 Å². The van der Waals surface area contributed by atoms with Crippen LogP contribution < -0.4 is 38.4 Å². The van der Waals surface area contributed by atoms with Crippen LogP contribution in [-0.4, -0.2) is 42.4 Å². The van der Waals surface area contributed by atoms with Gasteiger partial charge >= 0.3 is 5.96 Å². The highest BCUT2D eigenvalue weighted by molar-refractivity contribution is 5.85. The van der Waals surface area contributed by atoms with Crippen LogP contribution in [-0.2, 0) is 14.4 Å². The third-order valence-corrected chi connectivity index (χ3v) is 2.71. The van der Waals surface area contributed by atoms with Gasteiger partial charge in [-0.25, -0.2) is 0 Å². The molecule has 2 atom stereocenters. The van der Waals surface area contributed by atoms with Crippen LogP contribution in [0, 0.1) is 0 Å². The van der Waals surface area contributed by atoms with Gasteiger partial charge in [0.1, 0.15) is 0 Å². The van der Waals surface area contributed by atoms with Crippen molar-refractivity contribution in [2.75, 3.05) is 6.54 Å². The molecule has 0 aromatic carbocycles. The average Bonchev–Trinajstić information content (AvgIpc) is 2.38. The summed E-state index contributed by atoms with van der Waals surface area (Å²) in [5, 5.41) is 13.1. The Labute approximate surface area is 121 Å². The molecule has 10 nitrogen and oxygen atoms in total. The van der Waals surface area contributed by atoms with E-state index in [0.29, 0.717) is 19.4 Å². The first-order chi connectivity index (χ1) is 9.73. The van der Waals surface area contributed by atoms with E-state index in [1.807, 2.05) is 0 Å². The summed E-state index contributed by atoms with van der Waals surface area (Å²) in [5.41, 5.74) is 19.0. The van der Waals surface area contributed by atoms with E-state index in [2.05, 4.69) is 16.0 Å². The van der Waals surface area contributed by atoms with Crippen LogP contribution in [0.15, 0.2) is 0 Å². The van der Waals surface area contributed by atoms with Crippen LogP contribution in [0.1, 0.15) is 25.7 Å². The number of primary amides is 1. The molecule has 21 heavy (non-hydrogen) atoms. The average molecular weight is 303 g/mol. The number of hydrogen-bond donors (Lipinski definition) is 6. The molecule has 0 aliphatic carbocycles. The lowest BCUT2D eigenvalue weighted by molar-refractivity contribution is -0.463. The first-order valence-corrected chi connectivity index (χ1v) is 6.48. The van der Waals surface area contributed by atoms with Gasteiger partial charge in [0.25, 0.3) is 5.91 Å². The fourth-order valence-corrected chi connectivity index (χ4v) is 1.54. The van der Waals surface area contributed by atoms with Crippen LogP contribution in [0.5, 0.6) is 0 Å². The highest BCUT2D eigenvalue weighted by Crippen LogP contribution is 1.98. The van der Waals surface area contributed by atoms with Crippen LogP contribution in [0.25, 0.3) is 0 Å². The zero-order valence-corrected chi connectivity index (χ0v) is 11.8. The minimum atomic E-state index is -1.47. The van der Waals surface area contributed by atoms with Crippen molar-refractivity contribution in [1.29, 1.82) is 0 Å². The molecule has 0 saturated heterocycles. The van der Waals surface area contributed by atoms with Gasteiger partial charge in [-0.1, -0.05) is 0 Å². The van der Waals surface area contributed by atoms with Crippen molar-refractivity contribution in [3.05, 3.63) is 0 Å². The summed E-state index contributed by atoms with van der Waals surface area (Å²) < 4.78 is 0. The molecule has 0 saturated carbocycles. The number of rotatable bonds is 10. The SMILES string of the molecule is NC(=O)CC[C@H](NC(=O)[C@@H]([NH3+])CCC[NH+]=C(N)N)C(=O)[O-]. The summed E-state index contributed by atoms with van der Waals surface area (Å²) in [6, 6.07) is -1.90. The number of nitrogens with two attached hydrogens (primary N) is 3. The molecular formula is C11H23N6O4+. The Morgan fingerprint density at radius 1 is 1.19 bits per heavy atom. The number of guanidine groups is 1. The molecular weight excluding hydrogens is 280 g/mol. The first kappa shape index (κ1) is 18.6. The maximum Gasteiger partial charge on any atom is 0.338 e. The van der Waals surface area contributed by atoms with Crippen molar-refractivity contribution in [3.63, 3.8) is 0 Å². The van der Waals surface area contributed by atoms with E-state index < -0.39 is 29.9 Å². The summed E-state index contributed by atoms with van der Waals surface area (Å²) in [4.78, 5) is 36.0. The van der Waals surface area contributed by atoms with Crippen molar-refractivity contribution < 1.29 is 30.2 Å². The number of carbonyl (C=O) groups is 3. The molecule has 0 aliphatic heterocycles. The minimum absolute atomic E-state index is 0.0866. The molecule has 0 radical (unpaired) electrons. The molecule has 11 N–H and O–H groups in total. The fraction of sp³-hybridized carbons (Fsp3) is 0.636. The van der Waals surface area contributed by atoms with Gasteiger partial charge in [0.05, 0.1) is 18.6 Å². The van der Waals surface area contributed by atoms with Crippen LogP contribution in [0.4, 0.5) is 0 Å². The normalized spacial score (nSPS) is 13.0. The highest BCUT2D eigenvalue weighted by Gasteiger charge is 2.21. The smallest absolute Gasteiger partial charge is 0.338 e. The van der Waals surface area contributed by atoms with Crippen LogP contribution >= 0.6 is 0 Å². The van der Waals surface area contributed by atoms with E-state index in [4.69, 9.17) is 17.2 Å². The maximum absolute atomic E-state index is 11.8. The Balaban J connectivity index is 4.24. The van der Waals surface area contributed by atoms with Crippen LogP contribution in [0.2, 0.25) is 0 Å². The predicted molar refractivity (Wildman–Crippen MR) is 70.5 cm³/mol. The molecule has 120 valence electrons. The monoisotopic (exact) mass is 303 g/mol. The van der Waals surface area contributed by atoms with E-state index in [9.17, 15) is 19.5 Å². The Morgan fingerprint density at radius 3 is 2.29 bits per heavy atom. The maximum atomic E-state index is 11.8. The Hall–Kier alpha value is -2.36. The zero-order valence-electron chi connectivity index (χ0n) is 11.8. The third-order valence-electron chi connectivity index (χ3n) is 2.71. The van der Waals surface area contributed by atoms with Gasteiger partial charge in [-0.05, 0) is 12.8 Å². The number of carbonyl (C=O) groups excluding carboxylic acids is 3. The first-order valence-electron chi connectivity index (χ1n) is 6.48. The van der Waals surface area contributed by atoms with Gasteiger partial charge in [0.2, 0.25) is 5.91 Å². The lowest BCUT2D eigenvalue weighted by atomic mass is 10.1. The fourth-order valence-electron chi connectivity index (χ4n) is 1.54. The second-order valence-corrected chi connectivity index (χ2v) is 4.61. The number of quaternary nitrogens is 1. The molecule has 2 amide bonds. The van der Waals surface area contributed by atoms with E-state index in [1.54, 1.807) is 0 Å². The zero-order chi connectivity index (χ0) is 16.4. The molecule has 0 heterocycles. The van der Waals surface area contributed by atoms with E-state index in [0.717, 1.165) is 0 Å². The lowest BCUT2D eigenvalue weighted by Crippen LogP contribution is -2.78. The summed E-state index contributed by atoms with van der Waals surface area (Å²) in [7, 11) is 0. The van der Waals surface area contributed by atoms with Crippen molar-refractivity contribution in [3.8, 4) is 0 Å². The summed E-state index contributed by atoms with van der Waals surface area (Å²) in [5.74, 6) is -2.56. The Bertz CT molecular complexity index is 408.